The van der Waals surface area contributed by atoms with Gasteiger partial charge in [0.2, 0.25) is 0 Å². The molecule has 1 unspecified atom stereocenters. The van der Waals surface area contributed by atoms with Crippen LogP contribution >= 0.6 is 12.2 Å². The molecule has 0 bridgehead atoms. The van der Waals surface area contributed by atoms with Gasteiger partial charge >= 0.3 is 0 Å². The fourth-order valence-electron chi connectivity index (χ4n) is 2.65. The van der Waals surface area contributed by atoms with Crippen LogP contribution in [0.4, 0.5) is 4.39 Å². The second-order valence-corrected chi connectivity index (χ2v) is 5.51. The minimum Gasteiger partial charge on any atom is -0.378 e. The SMILES string of the molecule is Cc1cc2c(cc1F)[nH]c(=S)n2CCC1CCCO1. The van der Waals surface area contributed by atoms with Crippen LogP contribution in [0.5, 0.6) is 0 Å². The summed E-state index contributed by atoms with van der Waals surface area (Å²) >= 11 is 5.32. The lowest BCUT2D eigenvalue weighted by molar-refractivity contribution is 0.101. The van der Waals surface area contributed by atoms with Crippen molar-refractivity contribution < 1.29 is 9.13 Å². The van der Waals surface area contributed by atoms with Crippen LogP contribution < -0.4 is 0 Å². The third kappa shape index (κ3) is 2.44. The number of aromatic amines is 1. The molecule has 102 valence electrons. The van der Waals surface area contributed by atoms with E-state index in [9.17, 15) is 4.39 Å². The number of nitrogens with zero attached hydrogens (tertiary/aromatic N) is 1. The number of hydrogen-bond acceptors (Lipinski definition) is 2. The molecule has 1 N–H and O–H groups in total. The van der Waals surface area contributed by atoms with Gasteiger partial charge in [-0.1, -0.05) is 0 Å². The Labute approximate surface area is 116 Å². The van der Waals surface area contributed by atoms with Crippen LogP contribution in [0.25, 0.3) is 11.0 Å². The maximum Gasteiger partial charge on any atom is 0.178 e. The first-order valence-corrected chi connectivity index (χ1v) is 7.06. The van der Waals surface area contributed by atoms with E-state index in [1.54, 1.807) is 6.92 Å². The summed E-state index contributed by atoms with van der Waals surface area (Å²) in [6, 6.07) is 3.37. The van der Waals surface area contributed by atoms with Gasteiger partial charge in [-0.15, -0.1) is 0 Å². The minimum atomic E-state index is -0.199. The number of H-pyrrole nitrogens is 1. The van der Waals surface area contributed by atoms with Crippen LogP contribution in [0.3, 0.4) is 0 Å². The molecule has 1 aliphatic heterocycles. The molecule has 0 radical (unpaired) electrons. The Balaban J connectivity index is 1.91. The Hall–Kier alpha value is -1.20. The third-order valence-electron chi connectivity index (χ3n) is 3.75. The average Bonchev–Trinajstić information content (AvgIpc) is 2.96. The van der Waals surface area contributed by atoms with Gasteiger partial charge in [0.05, 0.1) is 17.1 Å². The standard InChI is InChI=1S/C14H17FN2OS/c1-9-7-13-12(8-11(9)15)16-14(19)17(13)5-4-10-3-2-6-18-10/h7-8,10H,2-6H2,1H3,(H,16,19). The number of aryl methyl sites for hydroxylation is 2. The molecule has 19 heavy (non-hydrogen) atoms. The fraction of sp³-hybridized carbons (Fsp3) is 0.500. The molecule has 0 amide bonds. The highest BCUT2D eigenvalue weighted by Gasteiger charge is 2.16. The maximum atomic E-state index is 13.5. The van der Waals surface area contributed by atoms with Crippen molar-refractivity contribution in [3.63, 3.8) is 0 Å². The number of nitrogens with one attached hydrogen (secondary N) is 1. The first-order chi connectivity index (χ1) is 9.15. The van der Waals surface area contributed by atoms with E-state index in [4.69, 9.17) is 17.0 Å². The second-order valence-electron chi connectivity index (χ2n) is 5.12. The normalized spacial score (nSPS) is 19.4. The highest BCUT2D eigenvalue weighted by molar-refractivity contribution is 7.71. The van der Waals surface area contributed by atoms with Crippen molar-refractivity contribution in [2.24, 2.45) is 0 Å². The van der Waals surface area contributed by atoms with Crippen LogP contribution in [-0.4, -0.2) is 22.3 Å². The zero-order valence-corrected chi connectivity index (χ0v) is 11.7. The highest BCUT2D eigenvalue weighted by Crippen LogP contribution is 2.21. The summed E-state index contributed by atoms with van der Waals surface area (Å²) in [5, 5.41) is 0. The van der Waals surface area contributed by atoms with E-state index in [0.717, 1.165) is 43.4 Å². The van der Waals surface area contributed by atoms with Gasteiger partial charge in [-0.05, 0) is 56.1 Å². The van der Waals surface area contributed by atoms with Crippen LogP contribution in [0.2, 0.25) is 0 Å². The molecule has 2 heterocycles. The van der Waals surface area contributed by atoms with E-state index in [1.165, 1.54) is 6.07 Å². The zero-order valence-electron chi connectivity index (χ0n) is 10.9. The van der Waals surface area contributed by atoms with Gasteiger partial charge in [-0.2, -0.15) is 0 Å². The van der Waals surface area contributed by atoms with Crippen molar-refractivity contribution in [3.05, 3.63) is 28.3 Å². The van der Waals surface area contributed by atoms with Crippen LogP contribution in [0, 0.1) is 17.5 Å². The largest absolute Gasteiger partial charge is 0.378 e. The first kappa shape index (κ1) is 12.8. The number of fused-ring (bicyclic) bond motifs is 1. The molecule has 0 aliphatic carbocycles. The summed E-state index contributed by atoms with van der Waals surface area (Å²) in [5.74, 6) is -0.199. The monoisotopic (exact) mass is 280 g/mol. The number of halogens is 1. The van der Waals surface area contributed by atoms with Gasteiger partial charge in [0.15, 0.2) is 4.77 Å². The Morgan fingerprint density at radius 3 is 3.11 bits per heavy atom. The third-order valence-corrected chi connectivity index (χ3v) is 4.08. The van der Waals surface area contributed by atoms with Gasteiger partial charge in [-0.25, -0.2) is 4.39 Å². The molecule has 1 saturated heterocycles. The topological polar surface area (TPSA) is 29.9 Å². The lowest BCUT2D eigenvalue weighted by Crippen LogP contribution is -2.10. The Morgan fingerprint density at radius 1 is 1.53 bits per heavy atom. The predicted octanol–water partition coefficient (Wildman–Crippen LogP) is 3.72. The summed E-state index contributed by atoms with van der Waals surface area (Å²) in [5.41, 5.74) is 2.38. The summed E-state index contributed by atoms with van der Waals surface area (Å²) in [6.07, 6.45) is 3.57. The number of aromatic nitrogens is 2. The van der Waals surface area contributed by atoms with Crippen molar-refractivity contribution in [1.82, 2.24) is 9.55 Å². The maximum absolute atomic E-state index is 13.5. The number of hydrogen-bond donors (Lipinski definition) is 1. The molecule has 2 aromatic rings. The van der Waals surface area contributed by atoms with Gasteiger partial charge < -0.3 is 14.3 Å². The van der Waals surface area contributed by atoms with Crippen molar-refractivity contribution >= 4 is 23.3 Å². The summed E-state index contributed by atoms with van der Waals surface area (Å²) in [6.45, 7) is 3.46. The van der Waals surface area contributed by atoms with Crippen molar-refractivity contribution in [1.29, 1.82) is 0 Å². The quantitative estimate of drug-likeness (QED) is 0.869. The van der Waals surface area contributed by atoms with Crippen molar-refractivity contribution in [2.75, 3.05) is 6.61 Å². The van der Waals surface area contributed by atoms with Crippen molar-refractivity contribution in [3.8, 4) is 0 Å². The Morgan fingerprint density at radius 2 is 2.37 bits per heavy atom. The van der Waals surface area contributed by atoms with E-state index >= 15 is 0 Å². The lowest BCUT2D eigenvalue weighted by atomic mass is 10.2. The van der Waals surface area contributed by atoms with Crippen LogP contribution in [0.1, 0.15) is 24.8 Å². The molecule has 1 aliphatic rings. The minimum absolute atomic E-state index is 0.199. The summed E-state index contributed by atoms with van der Waals surface area (Å²) in [7, 11) is 0. The van der Waals surface area contributed by atoms with Gasteiger partial charge in [0, 0.05) is 13.2 Å². The molecular formula is C14H17FN2OS. The predicted molar refractivity (Wildman–Crippen MR) is 75.4 cm³/mol. The molecule has 0 spiro atoms. The molecule has 1 atom stereocenters. The molecule has 3 rings (SSSR count). The number of ether oxygens (including phenoxy) is 1. The second kappa shape index (κ2) is 5.06. The molecule has 1 aromatic heterocycles. The first-order valence-electron chi connectivity index (χ1n) is 6.65. The van der Waals surface area contributed by atoms with Crippen LogP contribution in [0.15, 0.2) is 12.1 Å². The fourth-order valence-corrected chi connectivity index (χ4v) is 2.95. The molecular weight excluding hydrogens is 263 g/mol. The van der Waals surface area contributed by atoms with Crippen LogP contribution in [-0.2, 0) is 11.3 Å². The Bertz CT molecular complexity index is 655. The van der Waals surface area contributed by atoms with Gasteiger partial charge in [0.25, 0.3) is 0 Å². The highest BCUT2D eigenvalue weighted by atomic mass is 32.1. The Kier molecular flexibility index (Phi) is 3.41. The van der Waals surface area contributed by atoms with Gasteiger partial charge in [0.1, 0.15) is 5.82 Å². The van der Waals surface area contributed by atoms with E-state index in [0.29, 0.717) is 16.4 Å². The number of benzene rings is 1. The molecule has 1 aromatic carbocycles. The molecule has 1 fully saturated rings. The zero-order chi connectivity index (χ0) is 13.4. The van der Waals surface area contributed by atoms with E-state index < -0.39 is 0 Å². The lowest BCUT2D eigenvalue weighted by Gasteiger charge is -2.10. The molecule has 3 nitrogen and oxygen atoms in total. The van der Waals surface area contributed by atoms with Crippen molar-refractivity contribution in [2.45, 2.75) is 38.8 Å². The number of rotatable bonds is 3. The summed E-state index contributed by atoms with van der Waals surface area (Å²) in [4.78, 5) is 3.07. The summed E-state index contributed by atoms with van der Waals surface area (Å²) < 4.78 is 21.9. The smallest absolute Gasteiger partial charge is 0.178 e. The molecule has 0 saturated carbocycles. The van der Waals surface area contributed by atoms with E-state index in [-0.39, 0.29) is 5.82 Å². The molecule has 5 heteroatoms. The van der Waals surface area contributed by atoms with Gasteiger partial charge in [-0.3, -0.25) is 0 Å². The number of imidazole rings is 1. The van der Waals surface area contributed by atoms with E-state index in [1.807, 2.05) is 10.6 Å². The average molecular weight is 280 g/mol. The van der Waals surface area contributed by atoms with E-state index in [2.05, 4.69) is 4.98 Å².